The number of hydrogen-bond acceptors (Lipinski definition) is 6. The summed E-state index contributed by atoms with van der Waals surface area (Å²) in [5.41, 5.74) is 2.84. The molecule has 2 N–H and O–H groups in total. The molecule has 0 fully saturated rings. The van der Waals surface area contributed by atoms with Crippen LogP contribution in [0.5, 0.6) is 11.5 Å². The monoisotopic (exact) mass is 570 g/mol. The molecule has 4 rings (SSSR count). The minimum Gasteiger partial charge on any atom is -0.493 e. The standard InChI is InChI=1S/C32H34N4O6/c1-21(2)35(32(40)25(18-30(38)39)23-15-16-27(41-3)28(17-23)42-4)20-29(37)33-31-26(22-11-7-5-8-12-22)19-36(34-31)24-13-9-6-10-14-24/h5-17,19,21,25H,18,20H2,1-4H3,(H,38,39)(H,33,34,37). The lowest BCUT2D eigenvalue weighted by Gasteiger charge is -2.30. The van der Waals surface area contributed by atoms with Gasteiger partial charge in [0.15, 0.2) is 17.3 Å². The van der Waals surface area contributed by atoms with Crippen molar-refractivity contribution < 1.29 is 29.0 Å². The second-order valence-corrected chi connectivity index (χ2v) is 9.91. The summed E-state index contributed by atoms with van der Waals surface area (Å²) in [6.45, 7) is 3.25. The van der Waals surface area contributed by atoms with Gasteiger partial charge in [-0.3, -0.25) is 14.4 Å². The number of ether oxygens (including phenoxy) is 2. The summed E-state index contributed by atoms with van der Waals surface area (Å²) in [6.07, 6.45) is 1.38. The number of amides is 2. The molecular weight excluding hydrogens is 536 g/mol. The average molecular weight is 571 g/mol. The van der Waals surface area contributed by atoms with Crippen LogP contribution in [-0.4, -0.2) is 64.4 Å². The Morgan fingerprint density at radius 3 is 2.17 bits per heavy atom. The van der Waals surface area contributed by atoms with Crippen LogP contribution < -0.4 is 14.8 Å². The zero-order chi connectivity index (χ0) is 30.2. The first-order valence-corrected chi connectivity index (χ1v) is 13.5. The topological polar surface area (TPSA) is 123 Å². The molecule has 1 heterocycles. The number of carboxylic acid groups (broad SMARTS) is 1. The van der Waals surface area contributed by atoms with E-state index in [0.29, 0.717) is 28.4 Å². The second kappa shape index (κ2) is 13.5. The van der Waals surface area contributed by atoms with Crippen LogP contribution in [0.3, 0.4) is 0 Å². The molecule has 10 heteroatoms. The summed E-state index contributed by atoms with van der Waals surface area (Å²) < 4.78 is 12.3. The molecule has 218 valence electrons. The van der Waals surface area contributed by atoms with Crippen LogP contribution in [0.2, 0.25) is 0 Å². The van der Waals surface area contributed by atoms with E-state index in [0.717, 1.165) is 11.3 Å². The number of aromatic nitrogens is 2. The Hall–Kier alpha value is -5.12. The van der Waals surface area contributed by atoms with Crippen molar-refractivity contribution in [3.8, 4) is 28.3 Å². The first kappa shape index (κ1) is 29.9. The van der Waals surface area contributed by atoms with Crippen LogP contribution in [-0.2, 0) is 14.4 Å². The molecular formula is C32H34N4O6. The van der Waals surface area contributed by atoms with Gasteiger partial charge in [0.05, 0.1) is 32.2 Å². The van der Waals surface area contributed by atoms with E-state index in [1.807, 2.05) is 66.9 Å². The van der Waals surface area contributed by atoms with Gasteiger partial charge in [-0.25, -0.2) is 4.68 Å². The van der Waals surface area contributed by atoms with E-state index in [2.05, 4.69) is 10.4 Å². The maximum absolute atomic E-state index is 13.8. The first-order valence-electron chi connectivity index (χ1n) is 13.5. The molecule has 0 saturated heterocycles. The van der Waals surface area contributed by atoms with E-state index in [1.165, 1.54) is 19.1 Å². The molecule has 3 aromatic carbocycles. The number of benzene rings is 3. The van der Waals surface area contributed by atoms with Gasteiger partial charge in [0.25, 0.3) is 0 Å². The van der Waals surface area contributed by atoms with Crippen molar-refractivity contribution in [1.82, 2.24) is 14.7 Å². The fourth-order valence-corrected chi connectivity index (χ4v) is 4.64. The summed E-state index contributed by atoms with van der Waals surface area (Å²) in [6, 6.07) is 23.5. The Balaban J connectivity index is 1.62. The van der Waals surface area contributed by atoms with Crippen molar-refractivity contribution in [3.63, 3.8) is 0 Å². The maximum Gasteiger partial charge on any atom is 0.304 e. The molecule has 0 aliphatic rings. The third kappa shape index (κ3) is 6.95. The number of nitrogens with zero attached hydrogens (tertiary/aromatic N) is 3. The smallest absolute Gasteiger partial charge is 0.304 e. The van der Waals surface area contributed by atoms with E-state index in [4.69, 9.17) is 9.47 Å². The Morgan fingerprint density at radius 2 is 1.57 bits per heavy atom. The number of anilines is 1. The van der Waals surface area contributed by atoms with Gasteiger partial charge in [-0.05, 0) is 49.2 Å². The predicted molar refractivity (Wildman–Crippen MR) is 159 cm³/mol. The molecule has 42 heavy (non-hydrogen) atoms. The lowest BCUT2D eigenvalue weighted by Crippen LogP contribution is -2.45. The Bertz CT molecular complexity index is 1540. The minimum absolute atomic E-state index is 0.299. The predicted octanol–water partition coefficient (Wildman–Crippen LogP) is 4.99. The molecule has 4 aromatic rings. The van der Waals surface area contributed by atoms with E-state index in [9.17, 15) is 19.5 Å². The highest BCUT2D eigenvalue weighted by atomic mass is 16.5. The third-order valence-corrected chi connectivity index (χ3v) is 6.78. The Labute approximate surface area is 244 Å². The number of carboxylic acids is 1. The number of carbonyl (C=O) groups is 3. The van der Waals surface area contributed by atoms with Gasteiger partial charge < -0.3 is 24.8 Å². The quantitative estimate of drug-likeness (QED) is 0.246. The van der Waals surface area contributed by atoms with Gasteiger partial charge in [-0.1, -0.05) is 54.6 Å². The van der Waals surface area contributed by atoms with Gasteiger partial charge in [0.2, 0.25) is 11.8 Å². The zero-order valence-corrected chi connectivity index (χ0v) is 24.0. The van der Waals surface area contributed by atoms with Crippen molar-refractivity contribution in [2.45, 2.75) is 32.2 Å². The second-order valence-electron chi connectivity index (χ2n) is 9.91. The number of carbonyl (C=O) groups excluding carboxylic acids is 2. The van der Waals surface area contributed by atoms with Crippen LogP contribution in [0, 0.1) is 0 Å². The van der Waals surface area contributed by atoms with Crippen molar-refractivity contribution in [3.05, 3.63) is 90.6 Å². The van der Waals surface area contributed by atoms with Crippen LogP contribution >= 0.6 is 0 Å². The minimum atomic E-state index is -1.14. The highest BCUT2D eigenvalue weighted by Crippen LogP contribution is 2.33. The van der Waals surface area contributed by atoms with Crippen LogP contribution in [0.15, 0.2) is 85.1 Å². The van der Waals surface area contributed by atoms with Gasteiger partial charge >= 0.3 is 5.97 Å². The van der Waals surface area contributed by atoms with Crippen molar-refractivity contribution in [1.29, 1.82) is 0 Å². The molecule has 1 unspecified atom stereocenters. The fourth-order valence-electron chi connectivity index (χ4n) is 4.64. The average Bonchev–Trinajstić information content (AvgIpc) is 3.42. The summed E-state index contributed by atoms with van der Waals surface area (Å²) >= 11 is 0. The Kier molecular flexibility index (Phi) is 9.59. The molecule has 10 nitrogen and oxygen atoms in total. The largest absolute Gasteiger partial charge is 0.493 e. The zero-order valence-electron chi connectivity index (χ0n) is 24.0. The lowest BCUT2D eigenvalue weighted by atomic mass is 9.93. The molecule has 0 bridgehead atoms. The van der Waals surface area contributed by atoms with E-state index in [-0.39, 0.29) is 6.54 Å². The maximum atomic E-state index is 13.8. The first-order chi connectivity index (χ1) is 20.2. The van der Waals surface area contributed by atoms with E-state index in [1.54, 1.807) is 36.7 Å². The SMILES string of the molecule is COc1ccc(C(CC(=O)O)C(=O)N(CC(=O)Nc2nn(-c3ccccc3)cc2-c2ccccc2)C(C)C)cc1OC. The molecule has 0 spiro atoms. The summed E-state index contributed by atoms with van der Waals surface area (Å²) in [5.74, 6) is -1.98. The molecule has 1 aromatic heterocycles. The lowest BCUT2D eigenvalue weighted by molar-refractivity contribution is -0.143. The summed E-state index contributed by atoms with van der Waals surface area (Å²) in [7, 11) is 2.95. The number of hydrogen-bond donors (Lipinski definition) is 2. The number of rotatable bonds is 12. The van der Waals surface area contributed by atoms with Gasteiger partial charge in [-0.2, -0.15) is 0 Å². The summed E-state index contributed by atoms with van der Waals surface area (Å²) in [5, 5.41) is 17.1. The number of aliphatic carboxylic acids is 1. The van der Waals surface area contributed by atoms with Gasteiger partial charge in [0.1, 0.15) is 6.54 Å². The molecule has 0 aliphatic heterocycles. The Morgan fingerprint density at radius 1 is 0.929 bits per heavy atom. The fraction of sp³-hybridized carbons (Fsp3) is 0.250. The van der Waals surface area contributed by atoms with Gasteiger partial charge in [0, 0.05) is 17.8 Å². The molecule has 1 atom stereocenters. The van der Waals surface area contributed by atoms with Crippen molar-refractivity contribution in [2.24, 2.45) is 0 Å². The van der Waals surface area contributed by atoms with E-state index < -0.39 is 36.2 Å². The van der Waals surface area contributed by atoms with Crippen LogP contribution in [0.1, 0.15) is 31.7 Å². The number of methoxy groups -OCH3 is 2. The highest BCUT2D eigenvalue weighted by molar-refractivity contribution is 5.98. The van der Waals surface area contributed by atoms with Crippen molar-refractivity contribution >= 4 is 23.6 Å². The van der Waals surface area contributed by atoms with Crippen LogP contribution in [0.4, 0.5) is 5.82 Å². The number of nitrogens with one attached hydrogen (secondary N) is 1. The molecule has 2 amide bonds. The summed E-state index contributed by atoms with van der Waals surface area (Å²) in [4.78, 5) is 40.4. The van der Waals surface area contributed by atoms with E-state index >= 15 is 0 Å². The number of para-hydroxylation sites is 1. The molecule has 0 aliphatic carbocycles. The third-order valence-electron chi connectivity index (χ3n) is 6.78. The van der Waals surface area contributed by atoms with Crippen LogP contribution in [0.25, 0.3) is 16.8 Å². The van der Waals surface area contributed by atoms with Gasteiger partial charge in [-0.15, -0.1) is 5.10 Å². The normalized spacial score (nSPS) is 11.5. The molecule has 0 radical (unpaired) electrons. The highest BCUT2D eigenvalue weighted by Gasteiger charge is 2.32. The molecule has 0 saturated carbocycles. The van der Waals surface area contributed by atoms with Crippen molar-refractivity contribution in [2.75, 3.05) is 26.1 Å².